The van der Waals surface area contributed by atoms with Crippen LogP contribution in [0.1, 0.15) is 39.6 Å². The van der Waals surface area contributed by atoms with E-state index < -0.39 is 6.10 Å². The van der Waals surface area contributed by atoms with Gasteiger partial charge in [-0.15, -0.1) is 0 Å². The smallest absolute Gasteiger partial charge is 0.138 e. The fraction of sp³-hybridized carbons (Fsp3) is 0.769. The standard InChI is InChI=1S/C13H22N2O2/c1-5-15-7-6-14-13(15)12(16)11-8(2)9(3)17-10(11)4/h6-12,16H,5H2,1-4H3. The monoisotopic (exact) mass is 238 g/mol. The molecular weight excluding hydrogens is 216 g/mol. The number of imidazole rings is 1. The number of hydrogen-bond acceptors (Lipinski definition) is 3. The van der Waals surface area contributed by atoms with Gasteiger partial charge in [-0.05, 0) is 26.7 Å². The van der Waals surface area contributed by atoms with E-state index in [0.717, 1.165) is 12.4 Å². The van der Waals surface area contributed by atoms with E-state index in [0.29, 0.717) is 5.92 Å². The highest BCUT2D eigenvalue weighted by molar-refractivity contribution is 5.02. The second kappa shape index (κ2) is 4.78. The van der Waals surface area contributed by atoms with Crippen LogP contribution in [0.5, 0.6) is 0 Å². The van der Waals surface area contributed by atoms with E-state index in [9.17, 15) is 5.11 Å². The van der Waals surface area contributed by atoms with Crippen LogP contribution in [0.3, 0.4) is 0 Å². The lowest BCUT2D eigenvalue weighted by Gasteiger charge is -2.24. The van der Waals surface area contributed by atoms with Crippen LogP contribution in [0.2, 0.25) is 0 Å². The molecule has 1 saturated heterocycles. The number of aromatic nitrogens is 2. The van der Waals surface area contributed by atoms with Gasteiger partial charge in [0.05, 0.1) is 12.2 Å². The van der Waals surface area contributed by atoms with Gasteiger partial charge in [0.15, 0.2) is 0 Å². The quantitative estimate of drug-likeness (QED) is 0.876. The predicted octanol–water partition coefficient (Wildman–Crippen LogP) is 2.00. The van der Waals surface area contributed by atoms with Crippen LogP contribution >= 0.6 is 0 Å². The molecule has 1 aromatic heterocycles. The fourth-order valence-corrected chi connectivity index (χ4v) is 2.86. The molecule has 0 saturated carbocycles. The summed E-state index contributed by atoms with van der Waals surface area (Å²) in [4.78, 5) is 4.28. The topological polar surface area (TPSA) is 47.3 Å². The molecule has 2 heterocycles. The van der Waals surface area contributed by atoms with Crippen molar-refractivity contribution in [1.29, 1.82) is 0 Å². The summed E-state index contributed by atoms with van der Waals surface area (Å²) < 4.78 is 7.77. The highest BCUT2D eigenvalue weighted by Crippen LogP contribution is 2.39. The highest BCUT2D eigenvalue weighted by atomic mass is 16.5. The first kappa shape index (κ1) is 12.6. The molecule has 4 heteroatoms. The molecule has 0 amide bonds. The maximum Gasteiger partial charge on any atom is 0.138 e. The van der Waals surface area contributed by atoms with Crippen molar-refractivity contribution in [3.05, 3.63) is 18.2 Å². The number of aliphatic hydroxyl groups excluding tert-OH is 1. The summed E-state index contributed by atoms with van der Waals surface area (Å²) in [6.45, 7) is 9.13. The summed E-state index contributed by atoms with van der Waals surface area (Å²) in [5, 5.41) is 10.5. The van der Waals surface area contributed by atoms with Gasteiger partial charge in [0.25, 0.3) is 0 Å². The van der Waals surface area contributed by atoms with Gasteiger partial charge in [-0.3, -0.25) is 0 Å². The van der Waals surface area contributed by atoms with Crippen molar-refractivity contribution in [1.82, 2.24) is 9.55 Å². The normalized spacial score (nSPS) is 35.1. The number of aryl methyl sites for hydroxylation is 1. The van der Waals surface area contributed by atoms with Gasteiger partial charge < -0.3 is 14.4 Å². The van der Waals surface area contributed by atoms with Crippen molar-refractivity contribution in [2.45, 2.75) is 52.6 Å². The molecule has 96 valence electrons. The van der Waals surface area contributed by atoms with Gasteiger partial charge in [-0.1, -0.05) is 6.92 Å². The summed E-state index contributed by atoms with van der Waals surface area (Å²) in [5.74, 6) is 1.23. The lowest BCUT2D eigenvalue weighted by atomic mass is 9.84. The molecule has 0 spiro atoms. The first-order valence-corrected chi connectivity index (χ1v) is 6.40. The number of hydrogen-bond donors (Lipinski definition) is 1. The van der Waals surface area contributed by atoms with Crippen LogP contribution in [-0.2, 0) is 11.3 Å². The molecule has 5 atom stereocenters. The zero-order valence-corrected chi connectivity index (χ0v) is 11.0. The Morgan fingerprint density at radius 2 is 2.12 bits per heavy atom. The van der Waals surface area contributed by atoms with Crippen molar-refractivity contribution in [3.8, 4) is 0 Å². The van der Waals surface area contributed by atoms with Crippen LogP contribution in [0.25, 0.3) is 0 Å². The average molecular weight is 238 g/mol. The van der Waals surface area contributed by atoms with E-state index in [1.54, 1.807) is 6.20 Å². The lowest BCUT2D eigenvalue weighted by Crippen LogP contribution is -2.27. The summed E-state index contributed by atoms with van der Waals surface area (Å²) in [6.07, 6.45) is 3.40. The second-order valence-corrected chi connectivity index (χ2v) is 5.00. The highest BCUT2D eigenvalue weighted by Gasteiger charge is 2.42. The van der Waals surface area contributed by atoms with Gasteiger partial charge in [0.1, 0.15) is 11.9 Å². The van der Waals surface area contributed by atoms with Crippen molar-refractivity contribution < 1.29 is 9.84 Å². The molecule has 2 rings (SSSR count). The largest absolute Gasteiger partial charge is 0.385 e. The maximum atomic E-state index is 10.5. The number of nitrogens with zero attached hydrogens (tertiary/aromatic N) is 2. The Balaban J connectivity index is 2.22. The third-order valence-electron chi connectivity index (χ3n) is 4.04. The Kier molecular flexibility index (Phi) is 3.54. The Labute approximate surface area is 103 Å². The molecule has 17 heavy (non-hydrogen) atoms. The first-order valence-electron chi connectivity index (χ1n) is 6.40. The predicted molar refractivity (Wildman–Crippen MR) is 65.5 cm³/mol. The van der Waals surface area contributed by atoms with E-state index in [-0.39, 0.29) is 18.1 Å². The molecular formula is C13H22N2O2. The molecule has 5 unspecified atom stereocenters. The molecule has 0 aromatic carbocycles. The van der Waals surface area contributed by atoms with E-state index in [2.05, 4.69) is 25.8 Å². The zero-order chi connectivity index (χ0) is 12.6. The summed E-state index contributed by atoms with van der Waals surface area (Å²) in [7, 11) is 0. The minimum atomic E-state index is -0.542. The molecule has 0 bridgehead atoms. The summed E-state index contributed by atoms with van der Waals surface area (Å²) in [5.41, 5.74) is 0. The molecule has 1 aromatic rings. The fourth-order valence-electron chi connectivity index (χ4n) is 2.86. The van der Waals surface area contributed by atoms with Gasteiger partial charge in [-0.25, -0.2) is 4.98 Å². The summed E-state index contributed by atoms with van der Waals surface area (Å²) in [6, 6.07) is 0. The van der Waals surface area contributed by atoms with E-state index in [1.807, 2.05) is 17.7 Å². The Morgan fingerprint density at radius 3 is 2.65 bits per heavy atom. The molecule has 0 aliphatic carbocycles. The minimum Gasteiger partial charge on any atom is -0.385 e. The SMILES string of the molecule is CCn1ccnc1C(O)C1C(C)OC(C)C1C. The van der Waals surface area contributed by atoms with Crippen LogP contribution in [-0.4, -0.2) is 26.9 Å². The maximum absolute atomic E-state index is 10.5. The second-order valence-electron chi connectivity index (χ2n) is 5.00. The Hall–Kier alpha value is -0.870. The first-order chi connectivity index (χ1) is 8.06. The van der Waals surface area contributed by atoms with Crippen molar-refractivity contribution in [2.24, 2.45) is 11.8 Å². The van der Waals surface area contributed by atoms with Crippen molar-refractivity contribution >= 4 is 0 Å². The molecule has 1 fully saturated rings. The molecule has 0 radical (unpaired) electrons. The molecule has 1 aliphatic rings. The zero-order valence-electron chi connectivity index (χ0n) is 11.0. The van der Waals surface area contributed by atoms with Gasteiger partial charge in [0, 0.05) is 24.9 Å². The van der Waals surface area contributed by atoms with Crippen LogP contribution in [0.4, 0.5) is 0 Å². The van der Waals surface area contributed by atoms with Gasteiger partial charge >= 0.3 is 0 Å². The van der Waals surface area contributed by atoms with E-state index in [1.165, 1.54) is 0 Å². The van der Waals surface area contributed by atoms with Crippen molar-refractivity contribution in [3.63, 3.8) is 0 Å². The van der Waals surface area contributed by atoms with Gasteiger partial charge in [-0.2, -0.15) is 0 Å². The Bertz CT molecular complexity index is 377. The van der Waals surface area contributed by atoms with Gasteiger partial charge in [0.2, 0.25) is 0 Å². The van der Waals surface area contributed by atoms with E-state index >= 15 is 0 Å². The molecule has 1 N–H and O–H groups in total. The molecule has 1 aliphatic heterocycles. The molecule has 4 nitrogen and oxygen atoms in total. The summed E-state index contributed by atoms with van der Waals surface area (Å²) >= 11 is 0. The number of rotatable bonds is 3. The lowest BCUT2D eigenvalue weighted by molar-refractivity contribution is 0.0191. The van der Waals surface area contributed by atoms with Crippen LogP contribution in [0.15, 0.2) is 12.4 Å². The van der Waals surface area contributed by atoms with Crippen LogP contribution in [0, 0.1) is 11.8 Å². The third-order valence-corrected chi connectivity index (χ3v) is 4.04. The number of ether oxygens (including phenoxy) is 1. The number of aliphatic hydroxyl groups is 1. The average Bonchev–Trinajstić information content (AvgIpc) is 2.84. The van der Waals surface area contributed by atoms with Crippen LogP contribution < -0.4 is 0 Å². The Morgan fingerprint density at radius 1 is 1.41 bits per heavy atom. The minimum absolute atomic E-state index is 0.0806. The van der Waals surface area contributed by atoms with Crippen molar-refractivity contribution in [2.75, 3.05) is 0 Å². The third kappa shape index (κ3) is 2.11. The van der Waals surface area contributed by atoms with E-state index in [4.69, 9.17) is 4.74 Å².